The molecule has 3 nitrogen and oxygen atoms in total. The number of benzene rings is 1. The van der Waals surface area contributed by atoms with Crippen molar-refractivity contribution in [3.8, 4) is 5.75 Å². The van der Waals surface area contributed by atoms with Gasteiger partial charge in [-0.25, -0.2) is 0 Å². The van der Waals surface area contributed by atoms with E-state index in [1.807, 2.05) is 0 Å². The van der Waals surface area contributed by atoms with E-state index in [1.165, 1.54) is 0 Å². The fourth-order valence-electron chi connectivity index (χ4n) is 1.08. The molecule has 0 aliphatic carbocycles. The number of nitrogen functional groups attached to an aromatic ring is 1. The molecule has 1 rings (SSSR count). The molecule has 0 aromatic heterocycles. The van der Waals surface area contributed by atoms with Crippen LogP contribution in [0.4, 0.5) is 18.9 Å². The highest BCUT2D eigenvalue weighted by atomic mass is 19.4. The largest absolute Gasteiger partial charge is 0.505 e. The number of halogens is 3. The third-order valence-electron chi connectivity index (χ3n) is 1.85. The van der Waals surface area contributed by atoms with Crippen molar-refractivity contribution in [3.63, 3.8) is 0 Å². The standard InChI is InChI=1S/C9H8F3NO2/c1-4(14)5-2-6(9(10,11)12)8(15)7(13)3-5/h2-3,15H,13H2,1H3. The maximum absolute atomic E-state index is 12.3. The van der Waals surface area contributed by atoms with Gasteiger partial charge in [-0.15, -0.1) is 0 Å². The maximum atomic E-state index is 12.3. The highest BCUT2D eigenvalue weighted by molar-refractivity contribution is 5.95. The van der Waals surface area contributed by atoms with Crippen molar-refractivity contribution in [1.82, 2.24) is 0 Å². The highest BCUT2D eigenvalue weighted by Crippen LogP contribution is 2.39. The van der Waals surface area contributed by atoms with Crippen molar-refractivity contribution in [2.24, 2.45) is 0 Å². The van der Waals surface area contributed by atoms with Crippen LogP contribution < -0.4 is 5.73 Å². The average Bonchev–Trinajstić information content (AvgIpc) is 2.06. The second kappa shape index (κ2) is 3.45. The number of hydrogen-bond acceptors (Lipinski definition) is 3. The monoisotopic (exact) mass is 219 g/mol. The van der Waals surface area contributed by atoms with Crippen LogP contribution in [-0.2, 0) is 6.18 Å². The molecule has 0 saturated heterocycles. The zero-order valence-electron chi connectivity index (χ0n) is 7.72. The van der Waals surface area contributed by atoms with Crippen LogP contribution in [0.25, 0.3) is 0 Å². The summed E-state index contributed by atoms with van der Waals surface area (Å²) in [6, 6.07) is 1.58. The lowest BCUT2D eigenvalue weighted by molar-refractivity contribution is -0.138. The number of alkyl halides is 3. The molecule has 6 heteroatoms. The molecular weight excluding hydrogens is 211 g/mol. The number of nitrogens with two attached hydrogens (primary N) is 1. The van der Waals surface area contributed by atoms with Crippen molar-refractivity contribution >= 4 is 11.5 Å². The van der Waals surface area contributed by atoms with Crippen LogP contribution >= 0.6 is 0 Å². The van der Waals surface area contributed by atoms with Gasteiger partial charge in [0.1, 0.15) is 5.56 Å². The van der Waals surface area contributed by atoms with Crippen LogP contribution in [-0.4, -0.2) is 10.9 Å². The maximum Gasteiger partial charge on any atom is 0.420 e. The number of anilines is 1. The number of ketones is 1. The molecule has 0 saturated carbocycles. The summed E-state index contributed by atoms with van der Waals surface area (Å²) >= 11 is 0. The van der Waals surface area contributed by atoms with Crippen LogP contribution in [0.1, 0.15) is 22.8 Å². The quantitative estimate of drug-likeness (QED) is 0.432. The smallest absolute Gasteiger partial charge is 0.420 e. The Morgan fingerprint density at radius 2 is 1.93 bits per heavy atom. The molecule has 0 radical (unpaired) electrons. The Morgan fingerprint density at radius 1 is 1.40 bits per heavy atom. The summed E-state index contributed by atoms with van der Waals surface area (Å²) in [6.45, 7) is 1.12. The van der Waals surface area contributed by atoms with Gasteiger partial charge in [0.25, 0.3) is 0 Å². The Bertz CT molecular complexity index is 413. The van der Waals surface area contributed by atoms with E-state index >= 15 is 0 Å². The number of phenols is 1. The van der Waals surface area contributed by atoms with Crippen LogP contribution in [0.2, 0.25) is 0 Å². The van der Waals surface area contributed by atoms with Gasteiger partial charge in [0, 0.05) is 5.56 Å². The normalized spacial score (nSPS) is 11.5. The molecule has 0 spiro atoms. The average molecular weight is 219 g/mol. The first-order chi connectivity index (χ1) is 6.73. The summed E-state index contributed by atoms with van der Waals surface area (Å²) < 4.78 is 37.0. The molecule has 3 N–H and O–H groups in total. The molecule has 0 aliphatic heterocycles. The summed E-state index contributed by atoms with van der Waals surface area (Å²) in [5, 5.41) is 9.08. The van der Waals surface area contributed by atoms with Gasteiger partial charge in [-0.1, -0.05) is 0 Å². The van der Waals surface area contributed by atoms with E-state index in [1.54, 1.807) is 0 Å². The molecule has 1 aromatic carbocycles. The van der Waals surface area contributed by atoms with Gasteiger partial charge < -0.3 is 10.8 Å². The summed E-state index contributed by atoms with van der Waals surface area (Å²) in [5.74, 6) is -1.60. The first-order valence-electron chi connectivity index (χ1n) is 3.94. The minimum Gasteiger partial charge on any atom is -0.505 e. The van der Waals surface area contributed by atoms with Crippen LogP contribution in [0, 0.1) is 0 Å². The Morgan fingerprint density at radius 3 is 2.33 bits per heavy atom. The topological polar surface area (TPSA) is 63.3 Å². The van der Waals surface area contributed by atoms with Gasteiger partial charge in [-0.05, 0) is 19.1 Å². The lowest BCUT2D eigenvalue weighted by atomic mass is 10.1. The zero-order chi connectivity index (χ0) is 11.8. The van der Waals surface area contributed by atoms with Crippen molar-refractivity contribution in [2.45, 2.75) is 13.1 Å². The summed E-state index contributed by atoms with van der Waals surface area (Å²) in [6.07, 6.45) is -4.73. The molecule has 0 fully saturated rings. The minimum atomic E-state index is -4.73. The predicted octanol–water partition coefficient (Wildman–Crippen LogP) is 2.20. The Hall–Kier alpha value is -1.72. The lowest BCUT2D eigenvalue weighted by Gasteiger charge is -2.11. The molecule has 82 valence electrons. The molecule has 0 unspecified atom stereocenters. The molecule has 15 heavy (non-hydrogen) atoms. The Kier molecular flexibility index (Phi) is 2.61. The zero-order valence-corrected chi connectivity index (χ0v) is 7.72. The highest BCUT2D eigenvalue weighted by Gasteiger charge is 2.35. The van der Waals surface area contributed by atoms with Crippen LogP contribution in [0.5, 0.6) is 5.75 Å². The number of rotatable bonds is 1. The molecule has 0 amide bonds. The van der Waals surface area contributed by atoms with E-state index in [0.29, 0.717) is 6.07 Å². The molecule has 0 aliphatic rings. The van der Waals surface area contributed by atoms with Crippen molar-refractivity contribution < 1.29 is 23.1 Å². The molecule has 1 aromatic rings. The van der Waals surface area contributed by atoms with Gasteiger partial charge >= 0.3 is 6.18 Å². The minimum absolute atomic E-state index is 0.183. The van der Waals surface area contributed by atoms with Crippen molar-refractivity contribution in [3.05, 3.63) is 23.3 Å². The number of Topliss-reactive ketones (excluding diaryl/α,β-unsaturated/α-hetero) is 1. The van der Waals surface area contributed by atoms with Gasteiger partial charge in [0.2, 0.25) is 0 Å². The van der Waals surface area contributed by atoms with E-state index in [4.69, 9.17) is 10.8 Å². The SMILES string of the molecule is CC(=O)c1cc(N)c(O)c(C(F)(F)F)c1. The first kappa shape index (κ1) is 11.4. The Labute approximate surface area is 83.3 Å². The predicted molar refractivity (Wildman–Crippen MR) is 47.5 cm³/mol. The van der Waals surface area contributed by atoms with Gasteiger partial charge in [-0.2, -0.15) is 13.2 Å². The van der Waals surface area contributed by atoms with E-state index < -0.39 is 29.0 Å². The number of phenolic OH excluding ortho intramolecular Hbond substituents is 1. The van der Waals surface area contributed by atoms with Crippen molar-refractivity contribution in [1.29, 1.82) is 0 Å². The first-order valence-corrected chi connectivity index (χ1v) is 3.94. The molecule has 0 bridgehead atoms. The Balaban J connectivity index is 3.45. The molecule has 0 heterocycles. The molecular formula is C9H8F3NO2. The van der Waals surface area contributed by atoms with E-state index in [0.717, 1.165) is 13.0 Å². The van der Waals surface area contributed by atoms with Gasteiger partial charge in [-0.3, -0.25) is 4.79 Å². The van der Waals surface area contributed by atoms with E-state index in [-0.39, 0.29) is 5.56 Å². The second-order valence-corrected chi connectivity index (χ2v) is 3.02. The van der Waals surface area contributed by atoms with Crippen LogP contribution in [0.15, 0.2) is 12.1 Å². The lowest BCUT2D eigenvalue weighted by Crippen LogP contribution is -2.08. The van der Waals surface area contributed by atoms with Gasteiger partial charge in [0.15, 0.2) is 11.5 Å². The molecule has 0 atom stereocenters. The number of hydrogen-bond donors (Lipinski definition) is 2. The second-order valence-electron chi connectivity index (χ2n) is 3.02. The van der Waals surface area contributed by atoms with Crippen molar-refractivity contribution in [2.75, 3.05) is 5.73 Å². The third-order valence-corrected chi connectivity index (χ3v) is 1.85. The summed E-state index contributed by atoms with van der Waals surface area (Å²) in [5.41, 5.74) is 3.21. The van der Waals surface area contributed by atoms with E-state index in [9.17, 15) is 18.0 Å². The number of carbonyl (C=O) groups excluding carboxylic acids is 1. The van der Waals surface area contributed by atoms with E-state index in [2.05, 4.69) is 0 Å². The summed E-state index contributed by atoms with van der Waals surface area (Å²) in [7, 11) is 0. The fourth-order valence-corrected chi connectivity index (χ4v) is 1.08. The van der Waals surface area contributed by atoms with Gasteiger partial charge in [0.05, 0.1) is 5.69 Å². The number of aromatic hydroxyl groups is 1. The number of carbonyl (C=O) groups is 1. The third kappa shape index (κ3) is 2.20. The van der Waals surface area contributed by atoms with Crippen LogP contribution in [0.3, 0.4) is 0 Å². The fraction of sp³-hybridized carbons (Fsp3) is 0.222. The summed E-state index contributed by atoms with van der Waals surface area (Å²) in [4.78, 5) is 10.9.